The van der Waals surface area contributed by atoms with E-state index in [1.54, 1.807) is 42.5 Å². The summed E-state index contributed by atoms with van der Waals surface area (Å²) < 4.78 is 34.8. The van der Waals surface area contributed by atoms with Crippen molar-refractivity contribution in [2.45, 2.75) is 68.4 Å². The third-order valence-electron chi connectivity index (χ3n) is 8.54. The number of fused-ring (bicyclic) bond motifs is 1. The summed E-state index contributed by atoms with van der Waals surface area (Å²) in [5.41, 5.74) is 2.09. The normalized spacial score (nSPS) is 18.3. The Morgan fingerprint density at radius 2 is 1.70 bits per heavy atom. The van der Waals surface area contributed by atoms with Gasteiger partial charge in [0.1, 0.15) is 11.5 Å². The Morgan fingerprint density at radius 1 is 0.975 bits per heavy atom. The zero-order valence-electron chi connectivity index (χ0n) is 22.2. The van der Waals surface area contributed by atoms with E-state index in [0.717, 1.165) is 31.2 Å². The Bertz CT molecular complexity index is 1680. The van der Waals surface area contributed by atoms with Gasteiger partial charge in [0, 0.05) is 23.6 Å². The van der Waals surface area contributed by atoms with E-state index in [2.05, 4.69) is 14.7 Å². The molecule has 4 aromatic rings. The molecule has 0 aliphatic heterocycles. The number of hydrogen-bond donors (Lipinski definition) is 3. The van der Waals surface area contributed by atoms with Gasteiger partial charge in [0.2, 0.25) is 5.16 Å². The largest absolute Gasteiger partial charge is 0.507 e. The van der Waals surface area contributed by atoms with Gasteiger partial charge >= 0.3 is 5.63 Å². The molecule has 0 radical (unpaired) electrons. The van der Waals surface area contributed by atoms with Crippen LogP contribution in [0.15, 0.2) is 69.0 Å². The van der Waals surface area contributed by atoms with Crippen LogP contribution in [-0.4, -0.2) is 23.5 Å². The molecule has 0 amide bonds. The summed E-state index contributed by atoms with van der Waals surface area (Å²) in [5, 5.41) is 11.1. The number of hydrogen-bond acceptors (Lipinski definition) is 6. The van der Waals surface area contributed by atoms with Crippen LogP contribution in [0.5, 0.6) is 5.75 Å². The Morgan fingerprint density at radius 3 is 2.35 bits per heavy atom. The average Bonchev–Trinajstić information content (AvgIpc) is 3.78. The Kier molecular flexibility index (Phi) is 6.22. The lowest BCUT2D eigenvalue weighted by Gasteiger charge is -2.21. The van der Waals surface area contributed by atoms with E-state index in [4.69, 9.17) is 4.42 Å². The van der Waals surface area contributed by atoms with Crippen LogP contribution in [0.25, 0.3) is 11.0 Å². The molecule has 3 aliphatic rings. The molecule has 0 saturated heterocycles. The van der Waals surface area contributed by atoms with Crippen LogP contribution < -0.4 is 10.3 Å². The number of aromatic hydroxyl groups is 1. The van der Waals surface area contributed by atoms with Crippen molar-refractivity contribution in [3.05, 3.63) is 81.9 Å². The van der Waals surface area contributed by atoms with Crippen LogP contribution in [0.2, 0.25) is 0 Å². The molecule has 2 aromatic heterocycles. The first-order valence-electron chi connectivity index (χ1n) is 14.3. The van der Waals surface area contributed by atoms with Gasteiger partial charge in [0.25, 0.3) is 10.0 Å². The Balaban J connectivity index is 1.18. The second-order valence-corrected chi connectivity index (χ2v) is 13.5. The van der Waals surface area contributed by atoms with Gasteiger partial charge in [0.15, 0.2) is 0 Å². The fourth-order valence-corrected chi connectivity index (χ4v) is 6.99. The molecule has 3 N–H and O–H groups in total. The maximum Gasteiger partial charge on any atom is 0.343 e. The SMILES string of the molecule is O=c1oc(C(CC2CC2)CC2CC2)cc(O)c1C(c1cccc(NS(=O)(=O)c2nc3ccccc3[nH]2)c1)C1CC1. The highest BCUT2D eigenvalue weighted by atomic mass is 32.2. The summed E-state index contributed by atoms with van der Waals surface area (Å²) in [4.78, 5) is 20.5. The molecular formula is C31H33N3O5S. The van der Waals surface area contributed by atoms with Crippen LogP contribution in [0.1, 0.15) is 80.1 Å². The molecule has 7 rings (SSSR count). The minimum Gasteiger partial charge on any atom is -0.507 e. The van der Waals surface area contributed by atoms with Crippen LogP contribution in [0.3, 0.4) is 0 Å². The van der Waals surface area contributed by atoms with Crippen molar-refractivity contribution in [3.63, 3.8) is 0 Å². The summed E-state index contributed by atoms with van der Waals surface area (Å²) >= 11 is 0. The molecule has 9 heteroatoms. The van der Waals surface area contributed by atoms with Crippen molar-refractivity contribution >= 4 is 26.7 Å². The minimum atomic E-state index is -3.97. The van der Waals surface area contributed by atoms with Crippen LogP contribution in [-0.2, 0) is 10.0 Å². The molecule has 0 spiro atoms. The van der Waals surface area contributed by atoms with Gasteiger partial charge in [0.05, 0.1) is 16.6 Å². The molecule has 3 fully saturated rings. The maximum atomic E-state index is 13.4. The van der Waals surface area contributed by atoms with Crippen molar-refractivity contribution in [3.8, 4) is 5.75 Å². The Hall–Kier alpha value is -3.59. The van der Waals surface area contributed by atoms with Gasteiger partial charge in [-0.15, -0.1) is 0 Å². The van der Waals surface area contributed by atoms with E-state index in [1.165, 1.54) is 25.7 Å². The average molecular weight is 560 g/mol. The summed E-state index contributed by atoms with van der Waals surface area (Å²) in [7, 11) is -3.97. The predicted molar refractivity (Wildman–Crippen MR) is 152 cm³/mol. The van der Waals surface area contributed by atoms with Gasteiger partial charge in [-0.05, 0) is 73.3 Å². The van der Waals surface area contributed by atoms with Crippen LogP contribution >= 0.6 is 0 Å². The highest BCUT2D eigenvalue weighted by molar-refractivity contribution is 7.92. The molecule has 2 heterocycles. The second kappa shape index (κ2) is 9.80. The van der Waals surface area contributed by atoms with Crippen LogP contribution in [0.4, 0.5) is 5.69 Å². The second-order valence-electron chi connectivity index (χ2n) is 11.9. The number of imidazole rings is 1. The number of benzene rings is 2. The molecular weight excluding hydrogens is 526 g/mol. The third-order valence-corrected chi connectivity index (χ3v) is 9.75. The van der Waals surface area contributed by atoms with Crippen LogP contribution in [0, 0.1) is 17.8 Å². The fraction of sp³-hybridized carbons (Fsp3) is 0.419. The van der Waals surface area contributed by atoms with E-state index in [0.29, 0.717) is 34.3 Å². The number of sulfonamides is 1. The molecule has 0 bridgehead atoms. The fourth-order valence-electron chi connectivity index (χ4n) is 6.00. The number of nitrogens with zero attached hydrogens (tertiary/aromatic N) is 1. The first-order valence-corrected chi connectivity index (χ1v) is 15.8. The molecule has 1 atom stereocenters. The third kappa shape index (κ3) is 5.27. The predicted octanol–water partition coefficient (Wildman–Crippen LogP) is 6.25. The molecule has 2 aromatic carbocycles. The van der Waals surface area contributed by atoms with E-state index >= 15 is 0 Å². The summed E-state index contributed by atoms with van der Waals surface area (Å²) in [6, 6.07) is 15.8. The summed E-state index contributed by atoms with van der Waals surface area (Å²) in [6.07, 6.45) is 8.80. The number of anilines is 1. The number of H-pyrrole nitrogens is 1. The highest BCUT2D eigenvalue weighted by Crippen LogP contribution is 2.49. The molecule has 40 heavy (non-hydrogen) atoms. The number of aromatic nitrogens is 2. The first kappa shape index (κ1) is 25.4. The van der Waals surface area contributed by atoms with E-state index in [-0.39, 0.29) is 34.2 Å². The number of aromatic amines is 1. The standard InChI is InChI=1S/C31H33N3O5S/c35-26-17-27(22(14-18-8-9-18)15-19-10-11-19)39-30(36)29(26)28(20-12-13-20)21-4-3-5-23(16-21)34-40(37,38)31-32-24-6-1-2-7-25(24)33-31/h1-7,16-20,22,28,34-35H,8-15H2,(H,32,33). The van der Waals surface area contributed by atoms with Crippen molar-refractivity contribution in [2.75, 3.05) is 4.72 Å². The molecule has 1 unspecified atom stereocenters. The van der Waals surface area contributed by atoms with Gasteiger partial charge in [-0.1, -0.05) is 49.9 Å². The summed E-state index contributed by atoms with van der Waals surface area (Å²) in [6.45, 7) is 0. The van der Waals surface area contributed by atoms with Gasteiger partial charge in [-0.25, -0.2) is 9.78 Å². The first-order chi connectivity index (χ1) is 19.3. The number of para-hydroxylation sites is 2. The van der Waals surface area contributed by atoms with Gasteiger partial charge in [-0.3, -0.25) is 4.72 Å². The van der Waals surface area contributed by atoms with Crippen molar-refractivity contribution < 1.29 is 17.9 Å². The minimum absolute atomic E-state index is 0.0204. The Labute approximate surface area is 232 Å². The lowest BCUT2D eigenvalue weighted by atomic mass is 9.86. The lowest BCUT2D eigenvalue weighted by molar-refractivity contribution is 0.357. The summed E-state index contributed by atoms with van der Waals surface area (Å²) in [5.74, 6) is 1.94. The monoisotopic (exact) mass is 559 g/mol. The zero-order valence-corrected chi connectivity index (χ0v) is 23.0. The van der Waals surface area contributed by atoms with Crippen molar-refractivity contribution in [2.24, 2.45) is 17.8 Å². The van der Waals surface area contributed by atoms with Crippen molar-refractivity contribution in [1.29, 1.82) is 0 Å². The van der Waals surface area contributed by atoms with E-state index in [9.17, 15) is 18.3 Å². The van der Waals surface area contributed by atoms with E-state index < -0.39 is 15.6 Å². The molecule has 3 saturated carbocycles. The maximum absolute atomic E-state index is 13.4. The molecule has 208 valence electrons. The lowest BCUT2D eigenvalue weighted by Crippen LogP contribution is -2.18. The number of rotatable bonds is 11. The topological polar surface area (TPSA) is 125 Å². The van der Waals surface area contributed by atoms with Gasteiger partial charge < -0.3 is 14.5 Å². The molecule has 3 aliphatic carbocycles. The molecule has 8 nitrogen and oxygen atoms in total. The van der Waals surface area contributed by atoms with Crippen molar-refractivity contribution in [1.82, 2.24) is 9.97 Å². The van der Waals surface area contributed by atoms with Gasteiger partial charge in [-0.2, -0.15) is 8.42 Å². The number of nitrogens with one attached hydrogen (secondary N) is 2. The quantitative estimate of drug-likeness (QED) is 0.200. The smallest absolute Gasteiger partial charge is 0.343 e. The zero-order chi connectivity index (χ0) is 27.4. The highest BCUT2D eigenvalue weighted by Gasteiger charge is 2.39. The van der Waals surface area contributed by atoms with E-state index in [1.807, 2.05) is 12.1 Å².